The molecule has 2 rings (SSSR count). The molecule has 2 N–H and O–H groups in total. The number of amides is 2. The van der Waals surface area contributed by atoms with Crippen molar-refractivity contribution >= 4 is 11.8 Å². The molecule has 2 heterocycles. The molecule has 2 fully saturated rings. The summed E-state index contributed by atoms with van der Waals surface area (Å²) in [5.74, 6) is 0.542. The van der Waals surface area contributed by atoms with Gasteiger partial charge in [-0.3, -0.25) is 14.9 Å². The van der Waals surface area contributed by atoms with Crippen molar-refractivity contribution in [2.24, 2.45) is 5.92 Å². The van der Waals surface area contributed by atoms with Gasteiger partial charge >= 0.3 is 0 Å². The van der Waals surface area contributed by atoms with Gasteiger partial charge in [-0.05, 0) is 50.9 Å². The standard InChI is InChI=1S/C17H24N2O3/c1-3-14(22-15-6-7-16(20)19-17(15)21)5-4-12(2)13-8-10-18-11-9-13/h3-5,13,15,18H,1,6-11H2,2H3,(H,19,20,21)/b12-4+,14-5+. The van der Waals surface area contributed by atoms with Gasteiger partial charge in [-0.2, -0.15) is 0 Å². The van der Waals surface area contributed by atoms with Crippen molar-refractivity contribution in [1.82, 2.24) is 10.6 Å². The predicted octanol–water partition coefficient (Wildman–Crippen LogP) is 1.82. The van der Waals surface area contributed by atoms with Crippen molar-refractivity contribution in [2.45, 2.75) is 38.7 Å². The van der Waals surface area contributed by atoms with Gasteiger partial charge in [-0.1, -0.05) is 18.2 Å². The predicted molar refractivity (Wildman–Crippen MR) is 84.9 cm³/mol. The lowest BCUT2D eigenvalue weighted by atomic mass is 9.90. The average molecular weight is 304 g/mol. The van der Waals surface area contributed by atoms with Crippen molar-refractivity contribution < 1.29 is 14.3 Å². The van der Waals surface area contributed by atoms with E-state index < -0.39 is 6.10 Å². The second kappa shape index (κ2) is 7.94. The first kappa shape index (κ1) is 16.5. The largest absolute Gasteiger partial charge is 0.481 e. The minimum atomic E-state index is -0.616. The maximum atomic E-state index is 11.7. The van der Waals surface area contributed by atoms with Gasteiger partial charge in [-0.25, -0.2) is 0 Å². The van der Waals surface area contributed by atoms with Crippen molar-refractivity contribution in [3.05, 3.63) is 36.1 Å². The molecule has 1 atom stereocenters. The van der Waals surface area contributed by atoms with Crippen LogP contribution in [0.5, 0.6) is 0 Å². The molecule has 2 aliphatic rings. The van der Waals surface area contributed by atoms with Crippen LogP contribution in [-0.4, -0.2) is 31.0 Å². The highest BCUT2D eigenvalue weighted by Gasteiger charge is 2.28. The summed E-state index contributed by atoms with van der Waals surface area (Å²) in [4.78, 5) is 22.8. The van der Waals surface area contributed by atoms with Crippen LogP contribution in [0.25, 0.3) is 0 Å². The Bertz CT molecular complexity index is 502. The van der Waals surface area contributed by atoms with E-state index in [9.17, 15) is 9.59 Å². The van der Waals surface area contributed by atoms with Crippen molar-refractivity contribution in [3.8, 4) is 0 Å². The Hall–Kier alpha value is -1.88. The maximum Gasteiger partial charge on any atom is 0.267 e. The molecular weight excluding hydrogens is 280 g/mol. The Morgan fingerprint density at radius 1 is 1.23 bits per heavy atom. The van der Waals surface area contributed by atoms with E-state index >= 15 is 0 Å². The van der Waals surface area contributed by atoms with Gasteiger partial charge in [0, 0.05) is 12.8 Å². The minimum Gasteiger partial charge on any atom is -0.481 e. The zero-order chi connectivity index (χ0) is 15.9. The van der Waals surface area contributed by atoms with Crippen LogP contribution in [0, 0.1) is 5.92 Å². The second-order valence-electron chi connectivity index (χ2n) is 5.77. The molecule has 0 aromatic carbocycles. The number of rotatable bonds is 5. The van der Waals surface area contributed by atoms with Crippen LogP contribution < -0.4 is 10.6 Å². The lowest BCUT2D eigenvalue weighted by molar-refractivity contribution is -0.140. The molecule has 0 spiro atoms. The molecule has 0 aromatic rings. The van der Waals surface area contributed by atoms with Crippen molar-refractivity contribution in [2.75, 3.05) is 13.1 Å². The summed E-state index contributed by atoms with van der Waals surface area (Å²) < 4.78 is 5.66. The minimum absolute atomic E-state index is 0.240. The average Bonchev–Trinajstić information content (AvgIpc) is 2.54. The Morgan fingerprint density at radius 2 is 1.95 bits per heavy atom. The number of carbonyl (C=O) groups excluding carboxylic acids is 2. The SMILES string of the molecule is C=C/C(=C\C=C(/C)C1CCNCC1)OC1CCC(=O)NC1=O. The molecule has 0 radical (unpaired) electrons. The molecule has 0 bridgehead atoms. The van der Waals surface area contributed by atoms with Gasteiger partial charge in [0.05, 0.1) is 0 Å². The fraction of sp³-hybridized carbons (Fsp3) is 0.529. The highest BCUT2D eigenvalue weighted by atomic mass is 16.5. The van der Waals surface area contributed by atoms with E-state index in [1.165, 1.54) is 5.57 Å². The highest BCUT2D eigenvalue weighted by molar-refractivity contribution is 5.99. The van der Waals surface area contributed by atoms with Gasteiger partial charge in [0.2, 0.25) is 5.91 Å². The van der Waals surface area contributed by atoms with E-state index in [0.717, 1.165) is 25.9 Å². The van der Waals surface area contributed by atoms with E-state index in [0.29, 0.717) is 24.5 Å². The number of allylic oxidation sites excluding steroid dienone is 4. The van der Waals surface area contributed by atoms with Crippen LogP contribution >= 0.6 is 0 Å². The molecule has 2 amide bonds. The first-order chi connectivity index (χ1) is 10.6. The molecule has 1 unspecified atom stereocenters. The Kier molecular flexibility index (Phi) is 5.95. The third kappa shape index (κ3) is 4.56. The van der Waals surface area contributed by atoms with Crippen LogP contribution in [0.15, 0.2) is 36.1 Å². The number of piperidine rings is 2. The lowest BCUT2D eigenvalue weighted by Gasteiger charge is -2.23. The topological polar surface area (TPSA) is 67.4 Å². The number of imide groups is 1. The first-order valence-electron chi connectivity index (χ1n) is 7.82. The fourth-order valence-electron chi connectivity index (χ4n) is 2.73. The molecule has 120 valence electrons. The molecule has 2 saturated heterocycles. The van der Waals surface area contributed by atoms with E-state index in [4.69, 9.17) is 4.74 Å². The summed E-state index contributed by atoms with van der Waals surface area (Å²) in [6.45, 7) is 7.96. The quantitative estimate of drug-likeness (QED) is 0.462. The third-order valence-corrected chi connectivity index (χ3v) is 4.16. The van der Waals surface area contributed by atoms with Gasteiger partial charge in [0.15, 0.2) is 6.10 Å². The van der Waals surface area contributed by atoms with Crippen molar-refractivity contribution in [1.29, 1.82) is 0 Å². The van der Waals surface area contributed by atoms with E-state index in [1.807, 2.05) is 12.2 Å². The first-order valence-corrected chi connectivity index (χ1v) is 7.82. The van der Waals surface area contributed by atoms with Crippen LogP contribution in [0.1, 0.15) is 32.6 Å². The molecule has 5 heteroatoms. The monoisotopic (exact) mass is 304 g/mol. The van der Waals surface area contributed by atoms with Crippen LogP contribution in [-0.2, 0) is 14.3 Å². The summed E-state index contributed by atoms with van der Waals surface area (Å²) in [5, 5.41) is 5.64. The molecule has 0 aromatic heterocycles. The summed E-state index contributed by atoms with van der Waals surface area (Å²) in [6.07, 6.45) is 7.89. The molecule has 2 aliphatic heterocycles. The molecular formula is C17H24N2O3. The Morgan fingerprint density at radius 3 is 2.59 bits per heavy atom. The van der Waals surface area contributed by atoms with E-state index in [1.54, 1.807) is 6.08 Å². The number of carbonyl (C=O) groups is 2. The highest BCUT2D eigenvalue weighted by Crippen LogP contribution is 2.21. The molecule has 5 nitrogen and oxygen atoms in total. The third-order valence-electron chi connectivity index (χ3n) is 4.16. The van der Waals surface area contributed by atoms with Crippen LogP contribution in [0.4, 0.5) is 0 Å². The molecule has 22 heavy (non-hydrogen) atoms. The van der Waals surface area contributed by atoms with Gasteiger partial charge in [0.1, 0.15) is 5.76 Å². The summed E-state index contributed by atoms with van der Waals surface area (Å²) in [5.41, 5.74) is 1.31. The van der Waals surface area contributed by atoms with Crippen LogP contribution in [0.2, 0.25) is 0 Å². The summed E-state index contributed by atoms with van der Waals surface area (Å²) in [7, 11) is 0. The van der Waals surface area contributed by atoms with Gasteiger partial charge < -0.3 is 10.1 Å². The number of hydrogen-bond acceptors (Lipinski definition) is 4. The normalized spacial score (nSPS) is 24.9. The fourth-order valence-corrected chi connectivity index (χ4v) is 2.73. The smallest absolute Gasteiger partial charge is 0.267 e. The van der Waals surface area contributed by atoms with Crippen molar-refractivity contribution in [3.63, 3.8) is 0 Å². The number of nitrogens with one attached hydrogen (secondary N) is 2. The maximum absolute atomic E-state index is 11.7. The summed E-state index contributed by atoms with van der Waals surface area (Å²) in [6, 6.07) is 0. The van der Waals surface area contributed by atoms with Crippen LogP contribution in [0.3, 0.4) is 0 Å². The Labute approximate surface area is 131 Å². The molecule has 0 aliphatic carbocycles. The van der Waals surface area contributed by atoms with E-state index in [2.05, 4.69) is 24.1 Å². The van der Waals surface area contributed by atoms with Gasteiger partial charge in [0.25, 0.3) is 5.91 Å². The zero-order valence-corrected chi connectivity index (χ0v) is 13.1. The zero-order valence-electron chi connectivity index (χ0n) is 13.1. The Balaban J connectivity index is 1.96. The van der Waals surface area contributed by atoms with E-state index in [-0.39, 0.29) is 11.8 Å². The van der Waals surface area contributed by atoms with Gasteiger partial charge in [-0.15, -0.1) is 0 Å². The molecule has 0 saturated carbocycles. The second-order valence-corrected chi connectivity index (χ2v) is 5.77. The summed E-state index contributed by atoms with van der Waals surface area (Å²) >= 11 is 0. The number of hydrogen-bond donors (Lipinski definition) is 2. The number of ether oxygens (including phenoxy) is 1. The lowest BCUT2D eigenvalue weighted by Crippen LogP contribution is -2.44.